The molecular formula is C14H9BrClFO6S. The molecule has 10 heteroatoms. The molecule has 0 heterocycles. The van der Waals surface area contributed by atoms with Crippen molar-refractivity contribution >= 4 is 43.3 Å². The van der Waals surface area contributed by atoms with Gasteiger partial charge in [0.05, 0.1) is 10.2 Å². The van der Waals surface area contributed by atoms with E-state index >= 15 is 0 Å². The van der Waals surface area contributed by atoms with Gasteiger partial charge in [0.15, 0.2) is 9.84 Å². The SMILES string of the molecule is O=C(O)c1cc(Cl)cc(CS(=O)(=O)c2cc(Br)c(F)cc2O)c1O. The third-order valence-electron chi connectivity index (χ3n) is 3.07. The number of phenolic OH excluding ortho intramolecular Hbond substituents is 1. The van der Waals surface area contributed by atoms with Gasteiger partial charge in [-0.25, -0.2) is 17.6 Å². The van der Waals surface area contributed by atoms with E-state index in [9.17, 15) is 27.8 Å². The van der Waals surface area contributed by atoms with Gasteiger partial charge in [0.2, 0.25) is 0 Å². The van der Waals surface area contributed by atoms with E-state index < -0.39 is 49.3 Å². The summed E-state index contributed by atoms with van der Waals surface area (Å²) in [5.41, 5.74) is -0.822. The molecule has 0 aromatic heterocycles. The maximum atomic E-state index is 13.3. The lowest BCUT2D eigenvalue weighted by molar-refractivity contribution is 0.0693. The molecule has 0 spiro atoms. The maximum Gasteiger partial charge on any atom is 0.339 e. The van der Waals surface area contributed by atoms with Gasteiger partial charge >= 0.3 is 5.97 Å². The fourth-order valence-electron chi connectivity index (χ4n) is 1.98. The summed E-state index contributed by atoms with van der Waals surface area (Å²) in [5, 5.41) is 28.5. The van der Waals surface area contributed by atoms with Gasteiger partial charge in [-0.1, -0.05) is 11.6 Å². The molecule has 0 atom stereocenters. The van der Waals surface area contributed by atoms with Gasteiger partial charge in [-0.15, -0.1) is 0 Å². The predicted octanol–water partition coefficient (Wildman–Crippen LogP) is 3.32. The van der Waals surface area contributed by atoms with E-state index in [-0.39, 0.29) is 15.1 Å². The number of sulfone groups is 1. The van der Waals surface area contributed by atoms with Crippen LogP contribution in [0.2, 0.25) is 5.02 Å². The van der Waals surface area contributed by atoms with Gasteiger partial charge in [0, 0.05) is 16.7 Å². The van der Waals surface area contributed by atoms with E-state index in [1.54, 1.807) is 0 Å². The maximum absolute atomic E-state index is 13.3. The van der Waals surface area contributed by atoms with Crippen molar-refractivity contribution in [2.75, 3.05) is 0 Å². The average molecular weight is 440 g/mol. The lowest BCUT2D eigenvalue weighted by Crippen LogP contribution is -2.08. The molecule has 128 valence electrons. The second-order valence-electron chi connectivity index (χ2n) is 4.76. The molecule has 2 rings (SSSR count). The number of aromatic carboxylic acids is 1. The lowest BCUT2D eigenvalue weighted by atomic mass is 10.1. The highest BCUT2D eigenvalue weighted by atomic mass is 79.9. The van der Waals surface area contributed by atoms with E-state index in [4.69, 9.17) is 16.7 Å². The van der Waals surface area contributed by atoms with Crippen molar-refractivity contribution in [1.29, 1.82) is 0 Å². The molecule has 0 saturated heterocycles. The molecular weight excluding hydrogens is 431 g/mol. The Balaban J connectivity index is 2.55. The van der Waals surface area contributed by atoms with Crippen LogP contribution in [0, 0.1) is 5.82 Å². The Morgan fingerprint density at radius 1 is 1.21 bits per heavy atom. The van der Waals surface area contributed by atoms with E-state index in [0.717, 1.165) is 18.2 Å². The molecule has 0 bridgehead atoms. The van der Waals surface area contributed by atoms with Crippen molar-refractivity contribution in [2.45, 2.75) is 10.6 Å². The highest BCUT2D eigenvalue weighted by Gasteiger charge is 2.25. The van der Waals surface area contributed by atoms with Gasteiger partial charge in [0.25, 0.3) is 0 Å². The molecule has 24 heavy (non-hydrogen) atoms. The molecule has 0 radical (unpaired) electrons. The van der Waals surface area contributed by atoms with Crippen LogP contribution in [-0.4, -0.2) is 29.7 Å². The third kappa shape index (κ3) is 3.63. The van der Waals surface area contributed by atoms with E-state index in [1.165, 1.54) is 0 Å². The average Bonchev–Trinajstić information content (AvgIpc) is 2.45. The molecule has 3 N–H and O–H groups in total. The second kappa shape index (κ2) is 6.58. The minimum atomic E-state index is -4.22. The Kier molecular flexibility index (Phi) is 5.07. The minimum Gasteiger partial charge on any atom is -0.507 e. The minimum absolute atomic E-state index is 0.0834. The molecule has 0 aliphatic rings. The topological polar surface area (TPSA) is 112 Å². The Labute approximate surface area is 149 Å². The number of hydrogen-bond donors (Lipinski definition) is 3. The zero-order valence-electron chi connectivity index (χ0n) is 11.6. The summed E-state index contributed by atoms with van der Waals surface area (Å²) in [4.78, 5) is 10.5. The van der Waals surface area contributed by atoms with Crippen molar-refractivity contribution in [3.8, 4) is 11.5 Å². The normalized spacial score (nSPS) is 11.5. The fourth-order valence-corrected chi connectivity index (χ4v) is 4.17. The van der Waals surface area contributed by atoms with Crippen LogP contribution in [0.4, 0.5) is 4.39 Å². The van der Waals surface area contributed by atoms with Gasteiger partial charge in [-0.3, -0.25) is 0 Å². The third-order valence-corrected chi connectivity index (χ3v) is 5.58. The summed E-state index contributed by atoms with van der Waals surface area (Å²) < 4.78 is 38.0. The van der Waals surface area contributed by atoms with Gasteiger partial charge in [-0.2, -0.15) is 0 Å². The first-order chi connectivity index (χ1) is 11.0. The van der Waals surface area contributed by atoms with Crippen LogP contribution < -0.4 is 0 Å². The molecule has 0 aliphatic heterocycles. The van der Waals surface area contributed by atoms with Gasteiger partial charge < -0.3 is 15.3 Å². The van der Waals surface area contributed by atoms with Crippen LogP contribution in [0.3, 0.4) is 0 Å². The monoisotopic (exact) mass is 438 g/mol. The molecule has 0 aliphatic carbocycles. The first-order valence-corrected chi connectivity index (χ1v) is 9.00. The van der Waals surface area contributed by atoms with E-state index in [2.05, 4.69) is 15.9 Å². The lowest BCUT2D eigenvalue weighted by Gasteiger charge is -2.11. The molecule has 0 unspecified atom stereocenters. The molecule has 6 nitrogen and oxygen atoms in total. The first-order valence-electron chi connectivity index (χ1n) is 6.18. The summed E-state index contributed by atoms with van der Waals surface area (Å²) in [6, 6.07) is 3.56. The summed E-state index contributed by atoms with van der Waals surface area (Å²) in [6.45, 7) is 0. The van der Waals surface area contributed by atoms with Gasteiger partial charge in [0.1, 0.15) is 27.8 Å². The van der Waals surface area contributed by atoms with Crippen molar-refractivity contribution in [3.63, 3.8) is 0 Å². The number of rotatable bonds is 4. The second-order valence-corrected chi connectivity index (χ2v) is 8.01. The zero-order chi connectivity index (χ0) is 18.2. The standard InChI is InChI=1S/C14H9BrClFO6S/c15-9-3-12(11(18)4-10(9)17)24(22,23)5-6-1-7(16)2-8(13(6)19)14(20)21/h1-4,18-19H,5H2,(H,20,21). The molecule has 2 aromatic rings. The highest BCUT2D eigenvalue weighted by Crippen LogP contribution is 2.34. The van der Waals surface area contributed by atoms with Crippen LogP contribution >= 0.6 is 27.5 Å². The molecule has 0 fully saturated rings. The highest BCUT2D eigenvalue weighted by molar-refractivity contribution is 9.10. The zero-order valence-corrected chi connectivity index (χ0v) is 14.8. The van der Waals surface area contributed by atoms with Crippen molar-refractivity contribution in [1.82, 2.24) is 0 Å². The summed E-state index contributed by atoms with van der Waals surface area (Å²) in [7, 11) is -4.22. The Hall–Kier alpha value is -1.84. The van der Waals surface area contributed by atoms with Gasteiger partial charge in [-0.05, 0) is 34.1 Å². The number of phenols is 2. The summed E-state index contributed by atoms with van der Waals surface area (Å²) in [5.74, 6) is -4.75. The van der Waals surface area contributed by atoms with Crippen molar-refractivity contribution < 1.29 is 32.9 Å². The number of carbonyl (C=O) groups is 1. The van der Waals surface area contributed by atoms with Crippen LogP contribution in [0.15, 0.2) is 33.6 Å². The van der Waals surface area contributed by atoms with Crippen LogP contribution in [0.5, 0.6) is 11.5 Å². The Morgan fingerprint density at radius 2 is 1.83 bits per heavy atom. The Morgan fingerprint density at radius 3 is 2.42 bits per heavy atom. The quantitative estimate of drug-likeness (QED) is 0.630. The van der Waals surface area contributed by atoms with E-state index in [0.29, 0.717) is 6.07 Å². The molecule has 0 saturated carbocycles. The van der Waals surface area contributed by atoms with E-state index in [1.807, 2.05) is 0 Å². The van der Waals surface area contributed by atoms with Crippen molar-refractivity contribution in [3.05, 3.63) is 50.7 Å². The first kappa shape index (κ1) is 18.5. The fraction of sp³-hybridized carbons (Fsp3) is 0.0714. The predicted molar refractivity (Wildman–Crippen MR) is 86.7 cm³/mol. The number of carboxylic acid groups (broad SMARTS) is 1. The van der Waals surface area contributed by atoms with Crippen LogP contribution in [0.25, 0.3) is 0 Å². The number of carboxylic acids is 1. The largest absolute Gasteiger partial charge is 0.507 e. The van der Waals surface area contributed by atoms with Crippen molar-refractivity contribution in [2.24, 2.45) is 0 Å². The smallest absolute Gasteiger partial charge is 0.339 e. The number of aromatic hydroxyl groups is 2. The number of halogens is 3. The molecule has 0 amide bonds. The molecule has 2 aromatic carbocycles. The Bertz CT molecular complexity index is 945. The summed E-state index contributed by atoms with van der Waals surface area (Å²) in [6.07, 6.45) is 0. The number of hydrogen-bond acceptors (Lipinski definition) is 5. The summed E-state index contributed by atoms with van der Waals surface area (Å²) >= 11 is 8.56. The van der Waals surface area contributed by atoms with Crippen LogP contribution in [-0.2, 0) is 15.6 Å². The van der Waals surface area contributed by atoms with Crippen LogP contribution in [0.1, 0.15) is 15.9 Å². The number of benzene rings is 2.